The van der Waals surface area contributed by atoms with Crippen LogP contribution in [0.2, 0.25) is 0 Å². The van der Waals surface area contributed by atoms with Crippen LogP contribution in [0.25, 0.3) is 0 Å². The zero-order valence-electron chi connectivity index (χ0n) is 10.2. The maximum atomic E-state index is 5.61. The molecule has 16 heavy (non-hydrogen) atoms. The summed E-state index contributed by atoms with van der Waals surface area (Å²) in [6.07, 6.45) is 2.63. The second kappa shape index (κ2) is 3.92. The minimum absolute atomic E-state index is 0.344. The van der Waals surface area contributed by atoms with Crippen LogP contribution in [0.5, 0.6) is 0 Å². The average Bonchev–Trinajstić information content (AvgIpc) is 2.94. The molecule has 1 heterocycles. The normalized spacial score (nSPS) is 17.5. The standard InChI is InChI=1S/C12H20N4/c1-8(2)12(4-5-12)7-14-10-6-9(3)15-11(13)16-10/h6,8H,4-5,7H2,1-3H3,(H3,13,14,15,16). The summed E-state index contributed by atoms with van der Waals surface area (Å²) in [6.45, 7) is 7.49. The summed E-state index contributed by atoms with van der Waals surface area (Å²) in [5.74, 6) is 1.91. The average molecular weight is 220 g/mol. The van der Waals surface area contributed by atoms with E-state index in [1.807, 2.05) is 13.0 Å². The fourth-order valence-corrected chi connectivity index (χ4v) is 2.07. The summed E-state index contributed by atoms with van der Waals surface area (Å²) in [5.41, 5.74) is 7.00. The summed E-state index contributed by atoms with van der Waals surface area (Å²) in [4.78, 5) is 8.24. The van der Waals surface area contributed by atoms with Crippen molar-refractivity contribution in [3.8, 4) is 0 Å². The van der Waals surface area contributed by atoms with Crippen molar-refractivity contribution in [3.05, 3.63) is 11.8 Å². The van der Waals surface area contributed by atoms with Gasteiger partial charge in [-0.1, -0.05) is 13.8 Å². The fraction of sp³-hybridized carbons (Fsp3) is 0.667. The number of nitrogen functional groups attached to an aromatic ring is 1. The molecule has 1 aliphatic rings. The Balaban J connectivity index is 2.00. The molecule has 0 radical (unpaired) electrons. The maximum absolute atomic E-state index is 5.61. The van der Waals surface area contributed by atoms with E-state index in [2.05, 4.69) is 29.1 Å². The van der Waals surface area contributed by atoms with E-state index >= 15 is 0 Å². The minimum Gasteiger partial charge on any atom is -0.369 e. The van der Waals surface area contributed by atoms with E-state index in [9.17, 15) is 0 Å². The second-order valence-electron chi connectivity index (χ2n) is 5.12. The van der Waals surface area contributed by atoms with Crippen LogP contribution in [0.15, 0.2) is 6.07 Å². The Morgan fingerprint density at radius 1 is 1.44 bits per heavy atom. The number of nitrogens with zero attached hydrogens (tertiary/aromatic N) is 2. The van der Waals surface area contributed by atoms with Gasteiger partial charge in [-0.05, 0) is 31.1 Å². The lowest BCUT2D eigenvalue weighted by atomic mass is 9.92. The Bertz CT molecular complexity index is 362. The third-order valence-corrected chi connectivity index (χ3v) is 3.61. The molecule has 1 aliphatic carbocycles. The molecule has 0 bridgehead atoms. The SMILES string of the molecule is Cc1cc(NCC2(C(C)C)CC2)nc(N)n1. The number of anilines is 2. The monoisotopic (exact) mass is 220 g/mol. The Kier molecular flexibility index (Phi) is 2.74. The van der Waals surface area contributed by atoms with Crippen LogP contribution < -0.4 is 11.1 Å². The van der Waals surface area contributed by atoms with Crippen LogP contribution in [0.1, 0.15) is 32.4 Å². The highest BCUT2D eigenvalue weighted by Gasteiger charge is 2.44. The highest BCUT2D eigenvalue weighted by atomic mass is 15.1. The lowest BCUT2D eigenvalue weighted by Crippen LogP contribution is -2.21. The molecule has 1 saturated carbocycles. The van der Waals surface area contributed by atoms with E-state index in [0.717, 1.165) is 24.0 Å². The van der Waals surface area contributed by atoms with Crippen LogP contribution in [0, 0.1) is 18.3 Å². The summed E-state index contributed by atoms with van der Waals surface area (Å²) in [5, 5.41) is 3.38. The van der Waals surface area contributed by atoms with Gasteiger partial charge >= 0.3 is 0 Å². The van der Waals surface area contributed by atoms with E-state index in [1.165, 1.54) is 12.8 Å². The molecule has 0 spiro atoms. The van der Waals surface area contributed by atoms with Crippen molar-refractivity contribution >= 4 is 11.8 Å². The van der Waals surface area contributed by atoms with Crippen LogP contribution in [0.4, 0.5) is 11.8 Å². The zero-order valence-corrected chi connectivity index (χ0v) is 10.2. The summed E-state index contributed by atoms with van der Waals surface area (Å²) in [7, 11) is 0. The van der Waals surface area contributed by atoms with Gasteiger partial charge in [-0.25, -0.2) is 4.98 Å². The summed E-state index contributed by atoms with van der Waals surface area (Å²) >= 11 is 0. The van der Waals surface area contributed by atoms with Gasteiger partial charge in [-0.3, -0.25) is 0 Å². The predicted molar refractivity (Wildman–Crippen MR) is 66.2 cm³/mol. The van der Waals surface area contributed by atoms with Crippen LogP contribution in [0.3, 0.4) is 0 Å². The Morgan fingerprint density at radius 3 is 2.62 bits per heavy atom. The highest BCUT2D eigenvalue weighted by molar-refractivity contribution is 5.40. The number of hydrogen-bond acceptors (Lipinski definition) is 4. The lowest BCUT2D eigenvalue weighted by molar-refractivity contribution is 0.380. The first-order valence-corrected chi connectivity index (χ1v) is 5.87. The first-order chi connectivity index (χ1) is 7.52. The Hall–Kier alpha value is -1.32. The zero-order chi connectivity index (χ0) is 11.8. The molecule has 1 aromatic rings. The summed E-state index contributed by atoms with van der Waals surface area (Å²) in [6, 6.07) is 1.94. The van der Waals surface area contributed by atoms with Gasteiger partial charge in [0, 0.05) is 18.3 Å². The Morgan fingerprint density at radius 2 is 2.12 bits per heavy atom. The molecule has 0 unspecified atom stereocenters. The maximum Gasteiger partial charge on any atom is 0.222 e. The first kappa shape index (κ1) is 11.2. The molecule has 4 heteroatoms. The van der Waals surface area contributed by atoms with Gasteiger partial charge in [0.25, 0.3) is 0 Å². The quantitative estimate of drug-likeness (QED) is 0.816. The van der Waals surface area contributed by atoms with E-state index < -0.39 is 0 Å². The van der Waals surface area contributed by atoms with Crippen molar-refractivity contribution in [3.63, 3.8) is 0 Å². The van der Waals surface area contributed by atoms with E-state index in [0.29, 0.717) is 11.4 Å². The number of aryl methyl sites for hydroxylation is 1. The van der Waals surface area contributed by atoms with Gasteiger partial charge in [0.15, 0.2) is 0 Å². The third-order valence-electron chi connectivity index (χ3n) is 3.61. The van der Waals surface area contributed by atoms with Crippen molar-refractivity contribution < 1.29 is 0 Å². The number of nitrogens with one attached hydrogen (secondary N) is 1. The van der Waals surface area contributed by atoms with Crippen molar-refractivity contribution in [1.82, 2.24) is 9.97 Å². The molecule has 0 saturated heterocycles. The number of rotatable bonds is 4. The largest absolute Gasteiger partial charge is 0.369 e. The number of nitrogens with two attached hydrogens (primary N) is 1. The molecule has 0 aromatic carbocycles. The van der Waals surface area contributed by atoms with E-state index in [1.54, 1.807) is 0 Å². The molecule has 0 aliphatic heterocycles. The van der Waals surface area contributed by atoms with Crippen molar-refractivity contribution in [2.75, 3.05) is 17.6 Å². The minimum atomic E-state index is 0.344. The number of aromatic nitrogens is 2. The van der Waals surface area contributed by atoms with Gasteiger partial charge in [0.2, 0.25) is 5.95 Å². The molecule has 0 atom stereocenters. The smallest absolute Gasteiger partial charge is 0.222 e. The van der Waals surface area contributed by atoms with Gasteiger partial charge in [-0.15, -0.1) is 0 Å². The molecule has 1 fully saturated rings. The van der Waals surface area contributed by atoms with Crippen LogP contribution >= 0.6 is 0 Å². The van der Waals surface area contributed by atoms with E-state index in [4.69, 9.17) is 5.73 Å². The van der Waals surface area contributed by atoms with Crippen molar-refractivity contribution in [2.24, 2.45) is 11.3 Å². The molecule has 0 amide bonds. The van der Waals surface area contributed by atoms with E-state index in [-0.39, 0.29) is 0 Å². The topological polar surface area (TPSA) is 63.8 Å². The second-order valence-corrected chi connectivity index (χ2v) is 5.12. The van der Waals surface area contributed by atoms with Crippen molar-refractivity contribution in [1.29, 1.82) is 0 Å². The molecule has 2 rings (SSSR count). The van der Waals surface area contributed by atoms with Gasteiger partial charge in [-0.2, -0.15) is 4.98 Å². The first-order valence-electron chi connectivity index (χ1n) is 5.87. The third kappa shape index (κ3) is 2.26. The lowest BCUT2D eigenvalue weighted by Gasteiger charge is -2.20. The summed E-state index contributed by atoms with van der Waals surface area (Å²) < 4.78 is 0. The van der Waals surface area contributed by atoms with Crippen LogP contribution in [-0.4, -0.2) is 16.5 Å². The van der Waals surface area contributed by atoms with Gasteiger partial charge in [0.1, 0.15) is 5.82 Å². The molecule has 1 aromatic heterocycles. The number of hydrogen-bond donors (Lipinski definition) is 2. The Labute approximate surface area is 96.7 Å². The molecule has 4 nitrogen and oxygen atoms in total. The molecule has 88 valence electrons. The van der Waals surface area contributed by atoms with Gasteiger partial charge in [0.05, 0.1) is 0 Å². The molecule has 3 N–H and O–H groups in total. The predicted octanol–water partition coefficient (Wildman–Crippen LogP) is 2.22. The van der Waals surface area contributed by atoms with Crippen LogP contribution in [-0.2, 0) is 0 Å². The fourth-order valence-electron chi connectivity index (χ4n) is 2.07. The highest BCUT2D eigenvalue weighted by Crippen LogP contribution is 2.51. The molecular weight excluding hydrogens is 200 g/mol. The molecular formula is C12H20N4. The van der Waals surface area contributed by atoms with Crippen molar-refractivity contribution in [2.45, 2.75) is 33.6 Å². The van der Waals surface area contributed by atoms with Gasteiger partial charge < -0.3 is 11.1 Å².